The maximum Gasteiger partial charge on any atom is 0.0534 e. The van der Waals surface area contributed by atoms with Gasteiger partial charge in [0.15, 0.2) is 0 Å². The van der Waals surface area contributed by atoms with E-state index in [0.717, 1.165) is 19.0 Å². The monoisotopic (exact) mass is 276 g/mol. The summed E-state index contributed by atoms with van der Waals surface area (Å²) in [6, 6.07) is 0.706. The largest absolute Gasteiger partial charge is 0.311 e. The molecule has 2 heterocycles. The number of rotatable bonds is 5. The van der Waals surface area contributed by atoms with Crippen LogP contribution < -0.4 is 5.32 Å². The minimum Gasteiger partial charge on any atom is -0.311 e. The van der Waals surface area contributed by atoms with E-state index in [0.29, 0.717) is 11.6 Å². The Kier molecular flexibility index (Phi) is 3.87. The molecule has 1 aromatic heterocycles. The molecular formula is C16H28N4. The van der Waals surface area contributed by atoms with Gasteiger partial charge in [-0.1, -0.05) is 13.8 Å². The van der Waals surface area contributed by atoms with Gasteiger partial charge in [0.1, 0.15) is 0 Å². The highest BCUT2D eigenvalue weighted by Crippen LogP contribution is 2.37. The zero-order chi connectivity index (χ0) is 14.2. The Morgan fingerprint density at radius 2 is 2.10 bits per heavy atom. The lowest BCUT2D eigenvalue weighted by Crippen LogP contribution is -2.64. The summed E-state index contributed by atoms with van der Waals surface area (Å²) in [6.45, 7) is 8.04. The van der Waals surface area contributed by atoms with Crippen LogP contribution in [0.3, 0.4) is 0 Å². The average molecular weight is 276 g/mol. The Morgan fingerprint density at radius 1 is 1.35 bits per heavy atom. The van der Waals surface area contributed by atoms with Crippen LogP contribution in [-0.2, 0) is 13.6 Å². The highest BCUT2D eigenvalue weighted by Gasteiger charge is 2.43. The van der Waals surface area contributed by atoms with Crippen LogP contribution in [0.2, 0.25) is 0 Å². The summed E-state index contributed by atoms with van der Waals surface area (Å²) in [5.41, 5.74) is 1.66. The maximum absolute atomic E-state index is 4.32. The van der Waals surface area contributed by atoms with Crippen molar-refractivity contribution in [1.29, 1.82) is 0 Å². The number of piperazine rings is 1. The SMILES string of the molecule is CCC1(CC)CNC(C2CC2)CN1Cc1cnn(C)c1. The van der Waals surface area contributed by atoms with Gasteiger partial charge in [-0.25, -0.2) is 0 Å². The van der Waals surface area contributed by atoms with Crippen molar-refractivity contribution in [2.45, 2.75) is 57.7 Å². The van der Waals surface area contributed by atoms with Crippen LogP contribution in [-0.4, -0.2) is 39.4 Å². The first kappa shape index (κ1) is 14.1. The quantitative estimate of drug-likeness (QED) is 0.894. The summed E-state index contributed by atoms with van der Waals surface area (Å²) in [5, 5.41) is 8.15. The first-order chi connectivity index (χ1) is 9.66. The zero-order valence-corrected chi connectivity index (χ0v) is 13.1. The molecule has 0 amide bonds. The van der Waals surface area contributed by atoms with Crippen LogP contribution in [0.5, 0.6) is 0 Å². The standard InChI is InChI=1S/C16H28N4/c1-4-16(5-2)12-17-15(14-6-7-14)11-20(16)10-13-8-18-19(3)9-13/h8-9,14-15,17H,4-7,10-12H2,1-3H3. The van der Waals surface area contributed by atoms with Gasteiger partial charge in [-0.2, -0.15) is 5.10 Å². The number of hydrogen-bond donors (Lipinski definition) is 1. The van der Waals surface area contributed by atoms with Crippen molar-refractivity contribution in [2.75, 3.05) is 13.1 Å². The molecule has 4 heteroatoms. The lowest BCUT2D eigenvalue weighted by molar-refractivity contribution is 0.0202. The van der Waals surface area contributed by atoms with Gasteiger partial charge in [-0.3, -0.25) is 9.58 Å². The van der Waals surface area contributed by atoms with Gasteiger partial charge >= 0.3 is 0 Å². The molecule has 1 saturated carbocycles. The normalized spacial score (nSPS) is 26.9. The molecule has 0 radical (unpaired) electrons. The van der Waals surface area contributed by atoms with Crippen molar-refractivity contribution in [1.82, 2.24) is 20.0 Å². The van der Waals surface area contributed by atoms with E-state index in [4.69, 9.17) is 0 Å². The second-order valence-electron chi connectivity index (χ2n) is 6.66. The second kappa shape index (κ2) is 5.49. The molecular weight excluding hydrogens is 248 g/mol. The number of nitrogens with one attached hydrogen (secondary N) is 1. The van der Waals surface area contributed by atoms with Crippen LogP contribution in [0.25, 0.3) is 0 Å². The third-order valence-corrected chi connectivity index (χ3v) is 5.42. The molecule has 3 rings (SSSR count). The summed E-state index contributed by atoms with van der Waals surface area (Å²) in [4.78, 5) is 2.73. The Hall–Kier alpha value is -0.870. The number of aryl methyl sites for hydroxylation is 1. The van der Waals surface area contributed by atoms with Gasteiger partial charge in [-0.05, 0) is 31.6 Å². The van der Waals surface area contributed by atoms with Gasteiger partial charge < -0.3 is 5.32 Å². The van der Waals surface area contributed by atoms with E-state index < -0.39 is 0 Å². The van der Waals surface area contributed by atoms with E-state index in [9.17, 15) is 0 Å². The lowest BCUT2D eigenvalue weighted by atomic mass is 9.86. The summed E-state index contributed by atoms with van der Waals surface area (Å²) >= 11 is 0. The minimum atomic E-state index is 0.321. The van der Waals surface area contributed by atoms with Crippen LogP contribution in [0.15, 0.2) is 12.4 Å². The molecule has 2 fully saturated rings. The number of nitrogens with zero attached hydrogens (tertiary/aromatic N) is 3. The van der Waals surface area contributed by atoms with Crippen molar-refractivity contribution in [3.8, 4) is 0 Å². The van der Waals surface area contributed by atoms with E-state index in [-0.39, 0.29) is 0 Å². The fraction of sp³-hybridized carbons (Fsp3) is 0.812. The average Bonchev–Trinajstić information content (AvgIpc) is 3.23. The molecule has 112 valence electrons. The van der Waals surface area contributed by atoms with Gasteiger partial charge in [0, 0.05) is 50.0 Å². The molecule has 1 aliphatic carbocycles. The minimum absolute atomic E-state index is 0.321. The summed E-state index contributed by atoms with van der Waals surface area (Å²) in [7, 11) is 2.00. The molecule has 1 unspecified atom stereocenters. The molecule has 1 N–H and O–H groups in total. The third-order valence-electron chi connectivity index (χ3n) is 5.42. The third kappa shape index (κ3) is 2.63. The summed E-state index contributed by atoms with van der Waals surface area (Å²) in [5.74, 6) is 0.929. The van der Waals surface area contributed by atoms with Crippen molar-refractivity contribution < 1.29 is 0 Å². The molecule has 1 atom stereocenters. The number of hydrogen-bond acceptors (Lipinski definition) is 3. The van der Waals surface area contributed by atoms with E-state index in [1.165, 1.54) is 37.8 Å². The van der Waals surface area contributed by atoms with E-state index >= 15 is 0 Å². The van der Waals surface area contributed by atoms with Crippen LogP contribution in [0.4, 0.5) is 0 Å². The lowest BCUT2D eigenvalue weighted by Gasteiger charge is -2.50. The topological polar surface area (TPSA) is 33.1 Å². The highest BCUT2D eigenvalue weighted by molar-refractivity contribution is 5.08. The van der Waals surface area contributed by atoms with Gasteiger partial charge in [-0.15, -0.1) is 0 Å². The van der Waals surface area contributed by atoms with Gasteiger partial charge in [0.2, 0.25) is 0 Å². The van der Waals surface area contributed by atoms with E-state index in [1.807, 2.05) is 17.9 Å². The first-order valence-corrected chi connectivity index (χ1v) is 8.13. The molecule has 0 bridgehead atoms. The predicted octanol–water partition coefficient (Wildman–Crippen LogP) is 2.16. The smallest absolute Gasteiger partial charge is 0.0534 e. The summed E-state index contributed by atoms with van der Waals surface area (Å²) in [6.07, 6.45) is 9.45. The molecule has 2 aliphatic rings. The van der Waals surface area contributed by atoms with Crippen molar-refractivity contribution >= 4 is 0 Å². The molecule has 4 nitrogen and oxygen atoms in total. The zero-order valence-electron chi connectivity index (χ0n) is 13.1. The molecule has 1 aliphatic heterocycles. The Labute approximate surface area is 122 Å². The van der Waals surface area contributed by atoms with Crippen molar-refractivity contribution in [2.24, 2.45) is 13.0 Å². The Morgan fingerprint density at radius 3 is 2.65 bits per heavy atom. The van der Waals surface area contributed by atoms with Crippen LogP contribution in [0.1, 0.15) is 45.1 Å². The molecule has 1 saturated heterocycles. The van der Waals surface area contributed by atoms with Gasteiger partial charge in [0.05, 0.1) is 6.20 Å². The van der Waals surface area contributed by atoms with E-state index in [2.05, 4.69) is 35.4 Å². The van der Waals surface area contributed by atoms with Crippen LogP contribution >= 0.6 is 0 Å². The number of aromatic nitrogens is 2. The molecule has 0 spiro atoms. The maximum atomic E-state index is 4.32. The summed E-state index contributed by atoms with van der Waals surface area (Å²) < 4.78 is 1.91. The fourth-order valence-corrected chi connectivity index (χ4v) is 3.70. The fourth-order valence-electron chi connectivity index (χ4n) is 3.70. The predicted molar refractivity (Wildman–Crippen MR) is 81.4 cm³/mol. The van der Waals surface area contributed by atoms with E-state index in [1.54, 1.807) is 0 Å². The highest BCUT2D eigenvalue weighted by atomic mass is 15.3. The van der Waals surface area contributed by atoms with Crippen LogP contribution in [0, 0.1) is 5.92 Å². The first-order valence-electron chi connectivity index (χ1n) is 8.13. The molecule has 1 aromatic rings. The molecule has 20 heavy (non-hydrogen) atoms. The second-order valence-corrected chi connectivity index (χ2v) is 6.66. The van der Waals surface area contributed by atoms with Gasteiger partial charge in [0.25, 0.3) is 0 Å². The van der Waals surface area contributed by atoms with Crippen molar-refractivity contribution in [3.63, 3.8) is 0 Å². The molecule has 0 aromatic carbocycles. The Bertz CT molecular complexity index is 445. The Balaban J connectivity index is 1.76. The van der Waals surface area contributed by atoms with Crippen molar-refractivity contribution in [3.05, 3.63) is 18.0 Å².